The molecule has 0 unspecified atom stereocenters. The SMILES string of the molecule is CCCCNC(=O)c1ccnc(C(=O)Nc2ccc(N(CC)CC)cc2)c1. The largest absolute Gasteiger partial charge is 0.372 e. The number of hydrogen-bond donors (Lipinski definition) is 2. The molecule has 2 aromatic rings. The van der Waals surface area contributed by atoms with E-state index in [-0.39, 0.29) is 17.5 Å². The number of carbonyl (C=O) groups is 2. The Morgan fingerprint density at radius 2 is 1.70 bits per heavy atom. The molecule has 144 valence electrons. The van der Waals surface area contributed by atoms with Crippen LogP contribution in [-0.2, 0) is 0 Å². The zero-order chi connectivity index (χ0) is 19.6. The van der Waals surface area contributed by atoms with Crippen LogP contribution in [-0.4, -0.2) is 36.4 Å². The average molecular weight is 368 g/mol. The number of nitrogens with zero attached hydrogens (tertiary/aromatic N) is 2. The lowest BCUT2D eigenvalue weighted by Crippen LogP contribution is -2.25. The number of unbranched alkanes of at least 4 members (excludes halogenated alkanes) is 1. The van der Waals surface area contributed by atoms with E-state index in [1.807, 2.05) is 24.3 Å². The van der Waals surface area contributed by atoms with Crippen molar-refractivity contribution in [3.8, 4) is 0 Å². The number of hydrogen-bond acceptors (Lipinski definition) is 4. The molecule has 0 atom stereocenters. The summed E-state index contributed by atoms with van der Waals surface area (Å²) in [5.74, 6) is -0.530. The maximum absolute atomic E-state index is 12.5. The molecule has 1 aromatic heterocycles. The number of carbonyl (C=O) groups excluding carboxylic acids is 2. The molecule has 2 amide bonds. The number of benzene rings is 1. The van der Waals surface area contributed by atoms with Crippen molar-refractivity contribution in [3.05, 3.63) is 53.9 Å². The third-order valence-corrected chi connectivity index (χ3v) is 4.32. The fraction of sp³-hybridized carbons (Fsp3) is 0.381. The molecule has 0 saturated carbocycles. The van der Waals surface area contributed by atoms with Crippen LogP contribution in [0.2, 0.25) is 0 Å². The molecule has 0 aliphatic rings. The van der Waals surface area contributed by atoms with Gasteiger partial charge in [0.05, 0.1) is 0 Å². The monoisotopic (exact) mass is 368 g/mol. The molecule has 0 radical (unpaired) electrons. The van der Waals surface area contributed by atoms with Crippen molar-refractivity contribution >= 4 is 23.2 Å². The van der Waals surface area contributed by atoms with Crippen LogP contribution in [0.25, 0.3) is 0 Å². The van der Waals surface area contributed by atoms with Crippen molar-refractivity contribution < 1.29 is 9.59 Å². The Morgan fingerprint density at radius 3 is 2.33 bits per heavy atom. The van der Waals surface area contributed by atoms with Crippen molar-refractivity contribution in [2.45, 2.75) is 33.6 Å². The van der Waals surface area contributed by atoms with Gasteiger partial charge in [0, 0.05) is 42.8 Å². The summed E-state index contributed by atoms with van der Waals surface area (Å²) in [5.41, 5.74) is 2.45. The van der Waals surface area contributed by atoms with Gasteiger partial charge in [0.25, 0.3) is 11.8 Å². The molecule has 2 N–H and O–H groups in total. The maximum Gasteiger partial charge on any atom is 0.274 e. The van der Waals surface area contributed by atoms with Crippen LogP contribution in [0.15, 0.2) is 42.6 Å². The third kappa shape index (κ3) is 5.81. The van der Waals surface area contributed by atoms with Gasteiger partial charge < -0.3 is 15.5 Å². The first-order valence-corrected chi connectivity index (χ1v) is 9.49. The highest BCUT2D eigenvalue weighted by Crippen LogP contribution is 2.18. The van der Waals surface area contributed by atoms with Crippen LogP contribution in [0.3, 0.4) is 0 Å². The predicted octanol–water partition coefficient (Wildman–Crippen LogP) is 3.71. The summed E-state index contributed by atoms with van der Waals surface area (Å²) in [5, 5.41) is 5.67. The predicted molar refractivity (Wildman–Crippen MR) is 109 cm³/mol. The number of anilines is 2. The molecule has 1 aromatic carbocycles. The van der Waals surface area contributed by atoms with Gasteiger partial charge in [0.2, 0.25) is 0 Å². The zero-order valence-electron chi connectivity index (χ0n) is 16.3. The maximum atomic E-state index is 12.5. The minimum Gasteiger partial charge on any atom is -0.372 e. The highest BCUT2D eigenvalue weighted by molar-refractivity contribution is 6.04. The molecule has 0 bridgehead atoms. The van der Waals surface area contributed by atoms with E-state index in [4.69, 9.17) is 0 Å². The second-order valence-electron chi connectivity index (χ2n) is 6.21. The van der Waals surface area contributed by atoms with Gasteiger partial charge >= 0.3 is 0 Å². The lowest BCUT2D eigenvalue weighted by molar-refractivity contribution is 0.0953. The summed E-state index contributed by atoms with van der Waals surface area (Å²) in [7, 11) is 0. The Bertz CT molecular complexity index is 755. The van der Waals surface area contributed by atoms with Crippen molar-refractivity contribution in [1.82, 2.24) is 10.3 Å². The van der Waals surface area contributed by atoms with Gasteiger partial charge in [-0.05, 0) is 56.7 Å². The van der Waals surface area contributed by atoms with Crippen LogP contribution in [0, 0.1) is 0 Å². The summed E-state index contributed by atoms with van der Waals surface area (Å²) in [6, 6.07) is 10.8. The Morgan fingerprint density at radius 1 is 1.00 bits per heavy atom. The topological polar surface area (TPSA) is 74.3 Å². The summed E-state index contributed by atoms with van der Waals surface area (Å²) < 4.78 is 0. The van der Waals surface area contributed by atoms with E-state index in [2.05, 4.69) is 41.3 Å². The van der Waals surface area contributed by atoms with Gasteiger partial charge in [-0.2, -0.15) is 0 Å². The van der Waals surface area contributed by atoms with E-state index in [0.29, 0.717) is 17.8 Å². The smallest absolute Gasteiger partial charge is 0.274 e. The molecule has 0 aliphatic carbocycles. The molecule has 6 nitrogen and oxygen atoms in total. The lowest BCUT2D eigenvalue weighted by Gasteiger charge is -2.21. The van der Waals surface area contributed by atoms with Gasteiger partial charge in [0.1, 0.15) is 5.69 Å². The van der Waals surface area contributed by atoms with E-state index in [9.17, 15) is 9.59 Å². The van der Waals surface area contributed by atoms with Crippen molar-refractivity contribution in [2.24, 2.45) is 0 Å². The summed E-state index contributed by atoms with van der Waals surface area (Å²) in [4.78, 5) is 30.9. The molecular formula is C21H28N4O2. The standard InChI is InChI=1S/C21H28N4O2/c1-4-7-13-23-20(26)16-12-14-22-19(15-16)21(27)24-17-8-10-18(11-9-17)25(5-2)6-3/h8-12,14-15H,4-7,13H2,1-3H3,(H,23,26)(H,24,27). The quantitative estimate of drug-likeness (QED) is 0.662. The van der Waals surface area contributed by atoms with E-state index < -0.39 is 0 Å². The van der Waals surface area contributed by atoms with Crippen LogP contribution >= 0.6 is 0 Å². The minimum absolute atomic E-state index is 0.191. The van der Waals surface area contributed by atoms with Crippen LogP contribution in [0.5, 0.6) is 0 Å². The van der Waals surface area contributed by atoms with Crippen LogP contribution in [0.1, 0.15) is 54.5 Å². The highest BCUT2D eigenvalue weighted by Gasteiger charge is 2.12. The van der Waals surface area contributed by atoms with E-state index in [1.54, 1.807) is 6.07 Å². The molecule has 2 rings (SSSR count). The van der Waals surface area contributed by atoms with Crippen molar-refractivity contribution in [3.63, 3.8) is 0 Å². The number of pyridine rings is 1. The number of nitrogens with one attached hydrogen (secondary N) is 2. The molecule has 27 heavy (non-hydrogen) atoms. The average Bonchev–Trinajstić information content (AvgIpc) is 2.70. The highest BCUT2D eigenvalue weighted by atomic mass is 16.2. The minimum atomic E-state index is -0.339. The third-order valence-electron chi connectivity index (χ3n) is 4.32. The fourth-order valence-electron chi connectivity index (χ4n) is 2.72. The van der Waals surface area contributed by atoms with E-state index >= 15 is 0 Å². The van der Waals surface area contributed by atoms with Gasteiger partial charge in [-0.3, -0.25) is 14.6 Å². The summed E-state index contributed by atoms with van der Waals surface area (Å²) in [6.07, 6.45) is 3.41. The first-order chi connectivity index (χ1) is 13.1. The fourth-order valence-corrected chi connectivity index (χ4v) is 2.72. The van der Waals surface area contributed by atoms with Gasteiger partial charge in [-0.25, -0.2) is 0 Å². The molecular weight excluding hydrogens is 340 g/mol. The normalized spacial score (nSPS) is 10.3. The Labute approximate surface area is 161 Å². The van der Waals surface area contributed by atoms with Crippen LogP contribution in [0.4, 0.5) is 11.4 Å². The van der Waals surface area contributed by atoms with E-state index in [1.165, 1.54) is 12.3 Å². The van der Waals surface area contributed by atoms with Gasteiger partial charge in [-0.15, -0.1) is 0 Å². The van der Waals surface area contributed by atoms with Crippen molar-refractivity contribution in [1.29, 1.82) is 0 Å². The molecule has 1 heterocycles. The molecule has 0 aliphatic heterocycles. The first-order valence-electron chi connectivity index (χ1n) is 9.49. The van der Waals surface area contributed by atoms with Crippen molar-refractivity contribution in [2.75, 3.05) is 29.9 Å². The van der Waals surface area contributed by atoms with Crippen LogP contribution < -0.4 is 15.5 Å². The van der Waals surface area contributed by atoms with Gasteiger partial charge in [-0.1, -0.05) is 13.3 Å². The molecule has 6 heteroatoms. The summed E-state index contributed by atoms with van der Waals surface area (Å²) >= 11 is 0. The number of aromatic nitrogens is 1. The molecule has 0 fully saturated rings. The number of amides is 2. The molecule has 0 spiro atoms. The Kier molecular flexibility index (Phi) is 7.79. The lowest BCUT2D eigenvalue weighted by atomic mass is 10.2. The van der Waals surface area contributed by atoms with Gasteiger partial charge in [0.15, 0.2) is 0 Å². The van der Waals surface area contributed by atoms with E-state index in [0.717, 1.165) is 31.6 Å². The summed E-state index contributed by atoms with van der Waals surface area (Å²) in [6.45, 7) is 8.76. The number of rotatable bonds is 9. The Balaban J connectivity index is 2.03. The zero-order valence-corrected chi connectivity index (χ0v) is 16.3. The molecule has 0 saturated heterocycles. The second-order valence-corrected chi connectivity index (χ2v) is 6.21. The Hall–Kier alpha value is -2.89. The second kappa shape index (κ2) is 10.3. The first kappa shape index (κ1) is 20.4.